The summed E-state index contributed by atoms with van der Waals surface area (Å²) in [7, 11) is 2.26. The van der Waals surface area contributed by atoms with E-state index in [0.717, 1.165) is 31.6 Å². The summed E-state index contributed by atoms with van der Waals surface area (Å²) in [4.78, 5) is 22.4. The van der Waals surface area contributed by atoms with Gasteiger partial charge in [-0.25, -0.2) is 9.78 Å². The fraction of sp³-hybridized carbons (Fsp3) is 0.478. The standard InChI is InChI=1S/C23H28N4O2/c1-4-29-23(28)22-14(2)27(13-25-22)12-15-8-18-17-6-5-7-19-21(17)16(10-24-19)9-20(18)26(3)11-15/h5-7,10,13,15,18,20,24H,4,8-9,11-12H2,1-3H3/t15-,18-,20-/m1/s1. The van der Waals surface area contributed by atoms with Gasteiger partial charge in [-0.3, -0.25) is 0 Å². The fourth-order valence-electron chi connectivity index (χ4n) is 5.49. The smallest absolute Gasteiger partial charge is 0.358 e. The average molecular weight is 393 g/mol. The Hall–Kier alpha value is -2.60. The number of hydrogen-bond acceptors (Lipinski definition) is 4. The summed E-state index contributed by atoms with van der Waals surface area (Å²) >= 11 is 0. The van der Waals surface area contributed by atoms with Gasteiger partial charge in [-0.2, -0.15) is 0 Å². The highest BCUT2D eigenvalue weighted by Crippen LogP contribution is 2.44. The van der Waals surface area contributed by atoms with E-state index in [0.29, 0.717) is 30.2 Å². The number of likely N-dealkylation sites (N-methyl/N-ethyl adjacent to an activating group) is 1. The average Bonchev–Trinajstić information content (AvgIpc) is 3.28. The SMILES string of the molecule is CCOC(=O)c1ncn(C[C@@H]2C[C@@H]3c4cccc5[nH]cc(c45)C[C@H]3N(C)C2)c1C. The van der Waals surface area contributed by atoms with Crippen LogP contribution in [0.1, 0.15) is 46.6 Å². The van der Waals surface area contributed by atoms with Gasteiger partial charge < -0.3 is 19.2 Å². The van der Waals surface area contributed by atoms with Gasteiger partial charge in [-0.1, -0.05) is 12.1 Å². The van der Waals surface area contributed by atoms with Crippen molar-refractivity contribution in [1.82, 2.24) is 19.4 Å². The number of fused-ring (bicyclic) bond motifs is 2. The maximum atomic E-state index is 12.1. The Morgan fingerprint density at radius 3 is 3.07 bits per heavy atom. The van der Waals surface area contributed by atoms with Crippen molar-refractivity contribution < 1.29 is 9.53 Å². The monoisotopic (exact) mass is 392 g/mol. The molecule has 6 heteroatoms. The fourth-order valence-corrected chi connectivity index (χ4v) is 5.49. The number of H-pyrrole nitrogens is 1. The number of nitrogens with one attached hydrogen (secondary N) is 1. The van der Waals surface area contributed by atoms with Crippen molar-refractivity contribution in [2.75, 3.05) is 20.2 Å². The van der Waals surface area contributed by atoms with E-state index in [1.165, 1.54) is 22.0 Å². The molecule has 0 bridgehead atoms. The zero-order valence-corrected chi connectivity index (χ0v) is 17.3. The summed E-state index contributed by atoms with van der Waals surface area (Å²) in [6.07, 6.45) is 6.25. The lowest BCUT2D eigenvalue weighted by atomic mass is 9.72. The zero-order valence-electron chi connectivity index (χ0n) is 17.3. The minimum atomic E-state index is -0.330. The van der Waals surface area contributed by atoms with E-state index in [1.807, 2.05) is 13.8 Å². The highest BCUT2D eigenvalue weighted by molar-refractivity contribution is 5.89. The van der Waals surface area contributed by atoms with Crippen LogP contribution in [0.3, 0.4) is 0 Å². The molecule has 2 aromatic heterocycles. The Kier molecular flexibility index (Phi) is 4.46. The molecule has 29 heavy (non-hydrogen) atoms. The third-order valence-corrected chi connectivity index (χ3v) is 6.84. The molecule has 3 heterocycles. The molecule has 0 unspecified atom stereocenters. The van der Waals surface area contributed by atoms with Crippen LogP contribution in [0, 0.1) is 12.8 Å². The molecule has 1 aliphatic carbocycles. The van der Waals surface area contributed by atoms with Crippen molar-refractivity contribution in [1.29, 1.82) is 0 Å². The number of ether oxygens (including phenoxy) is 1. The molecule has 2 aliphatic rings. The van der Waals surface area contributed by atoms with E-state index in [1.54, 1.807) is 6.33 Å². The Morgan fingerprint density at radius 1 is 1.38 bits per heavy atom. The third kappa shape index (κ3) is 2.97. The first-order valence-electron chi connectivity index (χ1n) is 10.5. The summed E-state index contributed by atoms with van der Waals surface area (Å²) in [6.45, 7) is 6.08. The van der Waals surface area contributed by atoms with Crippen LogP contribution in [-0.2, 0) is 17.7 Å². The lowest BCUT2D eigenvalue weighted by Gasteiger charge is -2.45. The van der Waals surface area contributed by atoms with Crippen LogP contribution >= 0.6 is 0 Å². The largest absolute Gasteiger partial charge is 0.461 e. The summed E-state index contributed by atoms with van der Waals surface area (Å²) in [5.74, 6) is 0.725. The van der Waals surface area contributed by atoms with E-state index < -0.39 is 0 Å². The van der Waals surface area contributed by atoms with Crippen LogP contribution in [0.2, 0.25) is 0 Å². The van der Waals surface area contributed by atoms with Crippen LogP contribution in [0.25, 0.3) is 10.9 Å². The normalized spacial score (nSPS) is 23.9. The molecule has 0 spiro atoms. The summed E-state index contributed by atoms with van der Waals surface area (Å²) < 4.78 is 7.25. The van der Waals surface area contributed by atoms with Crippen molar-refractivity contribution >= 4 is 16.9 Å². The minimum absolute atomic E-state index is 0.330. The molecule has 1 aliphatic heterocycles. The van der Waals surface area contributed by atoms with E-state index in [9.17, 15) is 4.79 Å². The van der Waals surface area contributed by atoms with Gasteiger partial charge in [0.25, 0.3) is 0 Å². The van der Waals surface area contributed by atoms with Gasteiger partial charge >= 0.3 is 5.97 Å². The number of rotatable bonds is 4. The van der Waals surface area contributed by atoms with Gasteiger partial charge in [0.1, 0.15) is 0 Å². The Bertz CT molecular complexity index is 1070. The third-order valence-electron chi connectivity index (χ3n) is 6.84. The second kappa shape index (κ2) is 7.02. The molecule has 0 amide bonds. The van der Waals surface area contributed by atoms with Gasteiger partial charge in [-0.05, 0) is 56.8 Å². The number of esters is 1. The molecule has 152 valence electrons. The Morgan fingerprint density at radius 2 is 2.24 bits per heavy atom. The van der Waals surface area contributed by atoms with Gasteiger partial charge in [0, 0.05) is 47.8 Å². The number of carbonyl (C=O) groups excluding carboxylic acids is 1. The summed E-state index contributed by atoms with van der Waals surface area (Å²) in [5, 5.41) is 1.44. The molecule has 3 aromatic rings. The molecule has 1 aromatic carbocycles. The molecule has 3 atom stereocenters. The number of hydrogen-bond donors (Lipinski definition) is 1. The highest BCUT2D eigenvalue weighted by Gasteiger charge is 2.39. The molecule has 6 nitrogen and oxygen atoms in total. The molecule has 5 rings (SSSR count). The number of likely N-dealkylation sites (tertiary alicyclic amines) is 1. The van der Waals surface area contributed by atoms with Crippen molar-refractivity contribution in [2.24, 2.45) is 5.92 Å². The molecular formula is C23H28N4O2. The lowest BCUT2D eigenvalue weighted by molar-refractivity contribution is 0.0518. The predicted octanol–water partition coefficient (Wildman–Crippen LogP) is 3.51. The number of benzene rings is 1. The quantitative estimate of drug-likeness (QED) is 0.690. The van der Waals surface area contributed by atoms with Gasteiger partial charge in [0.2, 0.25) is 0 Å². The second-order valence-corrected chi connectivity index (χ2v) is 8.55. The minimum Gasteiger partial charge on any atom is -0.461 e. The van der Waals surface area contributed by atoms with Gasteiger partial charge in [0.15, 0.2) is 5.69 Å². The topological polar surface area (TPSA) is 63.1 Å². The molecule has 1 saturated heterocycles. The predicted molar refractivity (Wildman–Crippen MR) is 112 cm³/mol. The first kappa shape index (κ1) is 18.4. The number of piperidine rings is 1. The van der Waals surface area contributed by atoms with E-state index in [4.69, 9.17) is 4.74 Å². The van der Waals surface area contributed by atoms with Gasteiger partial charge in [-0.15, -0.1) is 0 Å². The maximum absolute atomic E-state index is 12.1. The van der Waals surface area contributed by atoms with E-state index in [-0.39, 0.29) is 5.97 Å². The second-order valence-electron chi connectivity index (χ2n) is 8.55. The van der Waals surface area contributed by atoms with Crippen LogP contribution in [0.15, 0.2) is 30.7 Å². The first-order valence-corrected chi connectivity index (χ1v) is 10.5. The lowest BCUT2D eigenvalue weighted by Crippen LogP contribution is -2.48. The number of nitrogens with zero attached hydrogens (tertiary/aromatic N) is 3. The first-order chi connectivity index (χ1) is 14.1. The van der Waals surface area contributed by atoms with E-state index in [2.05, 4.69) is 50.9 Å². The maximum Gasteiger partial charge on any atom is 0.358 e. The summed E-state index contributed by atoms with van der Waals surface area (Å²) in [5.41, 5.74) is 5.53. The number of aromatic nitrogens is 3. The molecule has 0 saturated carbocycles. The van der Waals surface area contributed by atoms with Crippen LogP contribution in [0.4, 0.5) is 0 Å². The van der Waals surface area contributed by atoms with Crippen molar-refractivity contribution in [3.63, 3.8) is 0 Å². The summed E-state index contributed by atoms with van der Waals surface area (Å²) in [6, 6.07) is 7.22. The number of imidazole rings is 1. The van der Waals surface area contributed by atoms with Crippen molar-refractivity contribution in [3.8, 4) is 0 Å². The van der Waals surface area contributed by atoms with Crippen molar-refractivity contribution in [2.45, 2.75) is 45.2 Å². The van der Waals surface area contributed by atoms with Crippen molar-refractivity contribution in [3.05, 3.63) is 53.2 Å². The molecule has 1 N–H and O–H groups in total. The van der Waals surface area contributed by atoms with Crippen LogP contribution in [-0.4, -0.2) is 51.6 Å². The molecule has 1 fully saturated rings. The highest BCUT2D eigenvalue weighted by atomic mass is 16.5. The van der Waals surface area contributed by atoms with Crippen LogP contribution in [0.5, 0.6) is 0 Å². The molecular weight excluding hydrogens is 364 g/mol. The van der Waals surface area contributed by atoms with Gasteiger partial charge in [0.05, 0.1) is 12.9 Å². The Balaban J connectivity index is 1.41. The Labute approximate surface area is 170 Å². The van der Waals surface area contributed by atoms with E-state index >= 15 is 0 Å². The zero-order chi connectivity index (χ0) is 20.1. The number of carbonyl (C=O) groups is 1. The molecule has 0 radical (unpaired) electrons. The number of aromatic amines is 1. The van der Waals surface area contributed by atoms with Crippen LogP contribution < -0.4 is 0 Å².